The number of hydrogen-bond donors (Lipinski definition) is 2. The lowest BCUT2D eigenvalue weighted by molar-refractivity contribution is -0.123. The van der Waals surface area contributed by atoms with E-state index in [0.29, 0.717) is 22.3 Å². The summed E-state index contributed by atoms with van der Waals surface area (Å²) in [6.07, 6.45) is 0.818. The van der Waals surface area contributed by atoms with Crippen LogP contribution in [0.25, 0.3) is 0 Å². The topological polar surface area (TPSA) is 50.4 Å². The first kappa shape index (κ1) is 17.4. The Balaban J connectivity index is 1.61. The van der Waals surface area contributed by atoms with Gasteiger partial charge in [0.1, 0.15) is 5.75 Å². The molecule has 2 aromatic carbocycles. The van der Waals surface area contributed by atoms with Crippen LogP contribution in [-0.4, -0.2) is 25.6 Å². The van der Waals surface area contributed by atoms with Gasteiger partial charge in [0.2, 0.25) is 0 Å². The number of halogens is 2. The lowest BCUT2D eigenvalue weighted by Crippen LogP contribution is -2.30. The number of rotatable bonds is 8. The molecule has 1 amide bonds. The molecule has 23 heavy (non-hydrogen) atoms. The van der Waals surface area contributed by atoms with Crippen LogP contribution in [0.2, 0.25) is 10.0 Å². The number of para-hydroxylation sites is 1. The van der Waals surface area contributed by atoms with Crippen molar-refractivity contribution in [1.29, 1.82) is 0 Å². The van der Waals surface area contributed by atoms with Crippen LogP contribution in [-0.2, 0) is 4.79 Å². The molecule has 0 bridgehead atoms. The molecule has 0 aliphatic heterocycles. The number of amides is 1. The van der Waals surface area contributed by atoms with Gasteiger partial charge in [0.25, 0.3) is 5.91 Å². The average Bonchev–Trinajstić information content (AvgIpc) is 2.56. The average molecular weight is 353 g/mol. The molecule has 0 saturated heterocycles. The van der Waals surface area contributed by atoms with E-state index in [-0.39, 0.29) is 12.5 Å². The largest absolute Gasteiger partial charge is 0.482 e. The van der Waals surface area contributed by atoms with Crippen molar-refractivity contribution in [3.8, 4) is 5.75 Å². The first-order chi connectivity index (χ1) is 11.1. The molecule has 0 aromatic heterocycles. The summed E-state index contributed by atoms with van der Waals surface area (Å²) in [7, 11) is 0. The molecule has 2 rings (SSSR count). The van der Waals surface area contributed by atoms with Gasteiger partial charge in [-0.1, -0.05) is 41.4 Å². The smallest absolute Gasteiger partial charge is 0.257 e. The van der Waals surface area contributed by atoms with E-state index < -0.39 is 0 Å². The SMILES string of the molecule is O=C(COc1cc(Cl)ccc1Cl)NCCCNc1ccccc1. The van der Waals surface area contributed by atoms with Crippen molar-refractivity contribution in [2.75, 3.05) is 25.0 Å². The standard InChI is InChI=1S/C17H18Cl2N2O2/c18-13-7-8-15(19)16(11-13)23-12-17(22)21-10-4-9-20-14-5-2-1-3-6-14/h1-3,5-8,11,20H,4,9-10,12H2,(H,21,22). The minimum Gasteiger partial charge on any atom is -0.482 e. The zero-order chi connectivity index (χ0) is 16.5. The van der Waals surface area contributed by atoms with Crippen molar-refractivity contribution < 1.29 is 9.53 Å². The number of nitrogens with one attached hydrogen (secondary N) is 2. The summed E-state index contributed by atoms with van der Waals surface area (Å²) in [6.45, 7) is 1.27. The molecule has 4 nitrogen and oxygen atoms in total. The molecule has 2 N–H and O–H groups in total. The molecule has 0 radical (unpaired) electrons. The molecule has 0 saturated carbocycles. The molecule has 0 unspecified atom stereocenters. The van der Waals surface area contributed by atoms with Gasteiger partial charge in [-0.05, 0) is 30.7 Å². The summed E-state index contributed by atoms with van der Waals surface area (Å²) in [4.78, 5) is 11.7. The fraction of sp³-hybridized carbons (Fsp3) is 0.235. The fourth-order valence-corrected chi connectivity index (χ4v) is 2.22. The molecule has 0 fully saturated rings. The van der Waals surface area contributed by atoms with E-state index >= 15 is 0 Å². The number of ether oxygens (including phenoxy) is 1. The van der Waals surface area contributed by atoms with Gasteiger partial charge in [0, 0.05) is 29.9 Å². The van der Waals surface area contributed by atoms with Gasteiger partial charge in [-0.2, -0.15) is 0 Å². The molecule has 0 heterocycles. The number of benzene rings is 2. The predicted molar refractivity (Wildman–Crippen MR) is 94.5 cm³/mol. The van der Waals surface area contributed by atoms with Crippen LogP contribution in [0.5, 0.6) is 5.75 Å². The lowest BCUT2D eigenvalue weighted by atomic mass is 10.3. The molecule has 0 spiro atoms. The van der Waals surface area contributed by atoms with Gasteiger partial charge < -0.3 is 15.4 Å². The molecule has 0 aliphatic carbocycles. The summed E-state index contributed by atoms with van der Waals surface area (Å²) < 4.78 is 5.36. The van der Waals surface area contributed by atoms with Gasteiger partial charge in [-0.3, -0.25) is 4.79 Å². The third kappa shape index (κ3) is 6.38. The maximum atomic E-state index is 11.7. The molecule has 122 valence electrons. The van der Waals surface area contributed by atoms with Crippen molar-refractivity contribution in [2.45, 2.75) is 6.42 Å². The number of carbonyl (C=O) groups is 1. The number of anilines is 1. The van der Waals surface area contributed by atoms with Gasteiger partial charge in [-0.15, -0.1) is 0 Å². The highest BCUT2D eigenvalue weighted by Gasteiger charge is 2.06. The van der Waals surface area contributed by atoms with E-state index in [1.54, 1.807) is 18.2 Å². The highest BCUT2D eigenvalue weighted by atomic mass is 35.5. The summed E-state index contributed by atoms with van der Waals surface area (Å²) in [5.74, 6) is 0.209. The maximum absolute atomic E-state index is 11.7. The first-order valence-electron chi connectivity index (χ1n) is 7.28. The van der Waals surface area contributed by atoms with E-state index in [4.69, 9.17) is 27.9 Å². The normalized spacial score (nSPS) is 10.2. The Kier molecular flexibility index (Phi) is 7.04. The second kappa shape index (κ2) is 9.28. The van der Waals surface area contributed by atoms with Crippen LogP contribution < -0.4 is 15.4 Å². The highest BCUT2D eigenvalue weighted by Crippen LogP contribution is 2.27. The predicted octanol–water partition coefficient (Wildman–Crippen LogP) is 3.99. The molecule has 2 aromatic rings. The van der Waals surface area contributed by atoms with Crippen molar-refractivity contribution in [1.82, 2.24) is 5.32 Å². The van der Waals surface area contributed by atoms with Crippen molar-refractivity contribution in [2.24, 2.45) is 0 Å². The minimum absolute atomic E-state index is 0.0911. The Labute approximate surface area is 145 Å². The van der Waals surface area contributed by atoms with Gasteiger partial charge >= 0.3 is 0 Å². The van der Waals surface area contributed by atoms with Crippen molar-refractivity contribution in [3.63, 3.8) is 0 Å². The van der Waals surface area contributed by atoms with E-state index in [9.17, 15) is 4.79 Å². The highest BCUT2D eigenvalue weighted by molar-refractivity contribution is 6.34. The Bertz CT molecular complexity index is 636. The third-order valence-corrected chi connectivity index (χ3v) is 3.58. The Morgan fingerprint density at radius 3 is 2.61 bits per heavy atom. The quantitative estimate of drug-likeness (QED) is 0.706. The minimum atomic E-state index is -0.194. The summed E-state index contributed by atoms with van der Waals surface area (Å²) >= 11 is 11.8. The monoisotopic (exact) mass is 352 g/mol. The Hall–Kier alpha value is -1.91. The van der Waals surface area contributed by atoms with Gasteiger partial charge in [0.15, 0.2) is 6.61 Å². The first-order valence-corrected chi connectivity index (χ1v) is 8.04. The van der Waals surface area contributed by atoms with Crippen LogP contribution in [0.4, 0.5) is 5.69 Å². The lowest BCUT2D eigenvalue weighted by Gasteiger charge is -2.10. The zero-order valence-electron chi connectivity index (χ0n) is 12.5. The maximum Gasteiger partial charge on any atom is 0.257 e. The van der Waals surface area contributed by atoms with E-state index in [0.717, 1.165) is 18.7 Å². The summed E-state index contributed by atoms with van der Waals surface area (Å²) in [6, 6.07) is 14.8. The van der Waals surface area contributed by atoms with Crippen LogP contribution in [0, 0.1) is 0 Å². The molecule has 6 heteroatoms. The van der Waals surface area contributed by atoms with E-state index in [1.165, 1.54) is 0 Å². The van der Waals surface area contributed by atoms with E-state index in [2.05, 4.69) is 10.6 Å². The van der Waals surface area contributed by atoms with Gasteiger partial charge in [-0.25, -0.2) is 0 Å². The number of hydrogen-bond acceptors (Lipinski definition) is 3. The van der Waals surface area contributed by atoms with Crippen LogP contribution in [0.3, 0.4) is 0 Å². The zero-order valence-corrected chi connectivity index (χ0v) is 14.0. The van der Waals surface area contributed by atoms with Gasteiger partial charge in [0.05, 0.1) is 5.02 Å². The van der Waals surface area contributed by atoms with Crippen LogP contribution in [0.1, 0.15) is 6.42 Å². The van der Waals surface area contributed by atoms with Crippen LogP contribution >= 0.6 is 23.2 Å². The molecule has 0 aliphatic rings. The Morgan fingerprint density at radius 2 is 1.83 bits per heavy atom. The summed E-state index contributed by atoms with van der Waals surface area (Å²) in [5, 5.41) is 7.00. The summed E-state index contributed by atoms with van der Waals surface area (Å²) in [5.41, 5.74) is 1.07. The Morgan fingerprint density at radius 1 is 1.04 bits per heavy atom. The molecule has 0 atom stereocenters. The number of carbonyl (C=O) groups excluding carboxylic acids is 1. The fourth-order valence-electron chi connectivity index (χ4n) is 1.89. The van der Waals surface area contributed by atoms with Crippen LogP contribution in [0.15, 0.2) is 48.5 Å². The second-order valence-electron chi connectivity index (χ2n) is 4.86. The second-order valence-corrected chi connectivity index (χ2v) is 5.70. The third-order valence-electron chi connectivity index (χ3n) is 3.03. The van der Waals surface area contributed by atoms with Crippen molar-refractivity contribution >= 4 is 34.8 Å². The van der Waals surface area contributed by atoms with E-state index in [1.807, 2.05) is 30.3 Å². The molecular formula is C17H18Cl2N2O2. The molecular weight excluding hydrogens is 335 g/mol. The van der Waals surface area contributed by atoms with Crippen molar-refractivity contribution in [3.05, 3.63) is 58.6 Å².